The predicted octanol–water partition coefficient (Wildman–Crippen LogP) is -0.570. The SMILES string of the molecule is CC(CC(=O)O)(C(=O)O)C(CP(=O)(O)O)C(=O)O. The second kappa shape index (κ2) is 5.47. The average Bonchev–Trinajstić information content (AvgIpc) is 2.10. The molecule has 18 heavy (non-hydrogen) atoms. The molecule has 0 aromatic heterocycles. The van der Waals surface area contributed by atoms with Crippen molar-refractivity contribution in [3.8, 4) is 0 Å². The maximum absolute atomic E-state index is 11.0. The molecule has 2 atom stereocenters. The molecule has 0 aliphatic carbocycles. The summed E-state index contributed by atoms with van der Waals surface area (Å²) in [6.45, 7) is 0.831. The van der Waals surface area contributed by atoms with Crippen LogP contribution in [0.5, 0.6) is 0 Å². The Bertz CT molecular complexity index is 411. The number of carbonyl (C=O) groups is 3. The van der Waals surface area contributed by atoms with Gasteiger partial charge in [0, 0.05) is 0 Å². The highest BCUT2D eigenvalue weighted by atomic mass is 31.2. The van der Waals surface area contributed by atoms with Crippen molar-refractivity contribution in [2.45, 2.75) is 13.3 Å². The molecule has 0 aromatic carbocycles. The molecule has 5 N–H and O–H groups in total. The first kappa shape index (κ1) is 16.6. The van der Waals surface area contributed by atoms with E-state index in [1.807, 2.05) is 0 Å². The fourth-order valence-electron chi connectivity index (χ4n) is 1.45. The molecule has 0 amide bonds. The Morgan fingerprint density at radius 3 is 1.83 bits per heavy atom. The number of aliphatic carboxylic acids is 3. The lowest BCUT2D eigenvalue weighted by atomic mass is 9.75. The Kier molecular flexibility index (Phi) is 5.03. The minimum atomic E-state index is -4.79. The first-order chi connectivity index (χ1) is 7.90. The molecule has 0 saturated carbocycles. The summed E-state index contributed by atoms with van der Waals surface area (Å²) in [5.74, 6) is -7.10. The van der Waals surface area contributed by atoms with Gasteiger partial charge in [-0.3, -0.25) is 18.9 Å². The van der Waals surface area contributed by atoms with Gasteiger partial charge < -0.3 is 25.1 Å². The first-order valence-corrected chi connectivity index (χ1v) is 6.42. The van der Waals surface area contributed by atoms with Crippen LogP contribution >= 0.6 is 7.60 Å². The van der Waals surface area contributed by atoms with Crippen LogP contribution in [0.1, 0.15) is 13.3 Å². The summed E-state index contributed by atoms with van der Waals surface area (Å²) < 4.78 is 10.8. The summed E-state index contributed by atoms with van der Waals surface area (Å²) >= 11 is 0. The van der Waals surface area contributed by atoms with E-state index in [0.29, 0.717) is 0 Å². The van der Waals surface area contributed by atoms with Crippen molar-refractivity contribution in [1.29, 1.82) is 0 Å². The molecular weight excluding hydrogens is 271 g/mol. The van der Waals surface area contributed by atoms with E-state index in [4.69, 9.17) is 25.1 Å². The molecule has 0 aliphatic heterocycles. The standard InChI is InChI=1S/C8H13O9P/c1-8(7(13)14,2-5(9)10)4(6(11)12)3-18(15,16)17/h4H,2-3H2,1H3,(H,9,10)(H,11,12)(H,13,14)(H2,15,16,17). The van der Waals surface area contributed by atoms with Gasteiger partial charge in [-0.15, -0.1) is 0 Å². The van der Waals surface area contributed by atoms with Gasteiger partial charge in [-0.25, -0.2) is 0 Å². The lowest BCUT2D eigenvalue weighted by Gasteiger charge is -2.29. The van der Waals surface area contributed by atoms with E-state index in [2.05, 4.69) is 0 Å². The van der Waals surface area contributed by atoms with E-state index in [1.54, 1.807) is 0 Å². The highest BCUT2D eigenvalue weighted by Gasteiger charge is 2.49. The number of carboxylic acid groups (broad SMARTS) is 3. The van der Waals surface area contributed by atoms with Gasteiger partial charge >= 0.3 is 25.5 Å². The molecule has 0 heterocycles. The average molecular weight is 284 g/mol. The minimum Gasteiger partial charge on any atom is -0.481 e. The Hall–Kier alpha value is -1.44. The van der Waals surface area contributed by atoms with Crippen LogP contribution in [-0.4, -0.2) is 49.2 Å². The van der Waals surface area contributed by atoms with E-state index >= 15 is 0 Å². The third-order valence-electron chi connectivity index (χ3n) is 2.49. The van der Waals surface area contributed by atoms with E-state index in [0.717, 1.165) is 6.92 Å². The van der Waals surface area contributed by atoms with Gasteiger partial charge in [-0.05, 0) is 6.92 Å². The lowest BCUT2D eigenvalue weighted by molar-refractivity contribution is -0.164. The van der Waals surface area contributed by atoms with Crippen LogP contribution in [0.15, 0.2) is 0 Å². The molecule has 0 bridgehead atoms. The summed E-state index contributed by atoms with van der Waals surface area (Å²) in [7, 11) is -4.79. The number of hydrogen-bond donors (Lipinski definition) is 5. The molecule has 0 aliphatic rings. The summed E-state index contributed by atoms with van der Waals surface area (Å²) in [5.41, 5.74) is -2.31. The van der Waals surface area contributed by atoms with Crippen LogP contribution in [-0.2, 0) is 18.9 Å². The van der Waals surface area contributed by atoms with E-state index in [1.165, 1.54) is 0 Å². The van der Waals surface area contributed by atoms with Gasteiger partial charge in [0.25, 0.3) is 0 Å². The van der Waals surface area contributed by atoms with Gasteiger partial charge in [0.2, 0.25) is 0 Å². The molecule has 0 rings (SSSR count). The highest BCUT2D eigenvalue weighted by Crippen LogP contribution is 2.44. The van der Waals surface area contributed by atoms with Crippen molar-refractivity contribution in [2.24, 2.45) is 11.3 Å². The van der Waals surface area contributed by atoms with Crippen LogP contribution < -0.4 is 0 Å². The second-order valence-electron chi connectivity index (χ2n) is 4.03. The predicted molar refractivity (Wildman–Crippen MR) is 56.0 cm³/mol. The quantitative estimate of drug-likeness (QED) is 0.384. The van der Waals surface area contributed by atoms with Gasteiger partial charge in [0.15, 0.2) is 0 Å². The number of carboxylic acids is 3. The summed E-state index contributed by atoms with van der Waals surface area (Å²) in [4.78, 5) is 49.9. The van der Waals surface area contributed by atoms with Crippen molar-refractivity contribution >= 4 is 25.5 Å². The van der Waals surface area contributed by atoms with Crippen molar-refractivity contribution < 1.29 is 44.1 Å². The van der Waals surface area contributed by atoms with Crippen molar-refractivity contribution in [3.05, 3.63) is 0 Å². The summed E-state index contributed by atoms with van der Waals surface area (Å²) in [5, 5.41) is 26.3. The normalized spacial score (nSPS) is 16.6. The monoisotopic (exact) mass is 284 g/mol. The van der Waals surface area contributed by atoms with Crippen LogP contribution in [0.4, 0.5) is 0 Å². The van der Waals surface area contributed by atoms with Crippen molar-refractivity contribution in [1.82, 2.24) is 0 Å². The van der Waals surface area contributed by atoms with Gasteiger partial charge in [0.1, 0.15) is 0 Å². The molecule has 9 nitrogen and oxygen atoms in total. The van der Waals surface area contributed by atoms with Crippen LogP contribution in [0.2, 0.25) is 0 Å². The van der Waals surface area contributed by atoms with E-state index in [-0.39, 0.29) is 0 Å². The maximum Gasteiger partial charge on any atom is 0.326 e. The van der Waals surface area contributed by atoms with Crippen molar-refractivity contribution in [2.75, 3.05) is 6.16 Å². The Labute approximate surface area is 101 Å². The third kappa shape index (κ3) is 4.44. The first-order valence-electron chi connectivity index (χ1n) is 4.62. The molecule has 2 unspecified atom stereocenters. The summed E-state index contributed by atoms with van der Waals surface area (Å²) in [6, 6.07) is 0. The van der Waals surface area contributed by atoms with Crippen molar-refractivity contribution in [3.63, 3.8) is 0 Å². The molecule has 0 fully saturated rings. The molecule has 0 spiro atoms. The molecular formula is C8H13O9P. The number of rotatable bonds is 7. The second-order valence-corrected chi connectivity index (χ2v) is 5.73. The van der Waals surface area contributed by atoms with Crippen LogP contribution in [0.3, 0.4) is 0 Å². The minimum absolute atomic E-state index is 0.831. The summed E-state index contributed by atoms with van der Waals surface area (Å²) in [6.07, 6.45) is -2.29. The third-order valence-corrected chi connectivity index (χ3v) is 3.34. The van der Waals surface area contributed by atoms with Crippen LogP contribution in [0.25, 0.3) is 0 Å². The zero-order valence-corrected chi connectivity index (χ0v) is 10.2. The Morgan fingerprint density at radius 2 is 1.61 bits per heavy atom. The smallest absolute Gasteiger partial charge is 0.326 e. The highest BCUT2D eigenvalue weighted by molar-refractivity contribution is 7.51. The zero-order chi connectivity index (χ0) is 14.7. The maximum atomic E-state index is 11.0. The van der Waals surface area contributed by atoms with Gasteiger partial charge in [-0.1, -0.05) is 0 Å². The molecule has 0 saturated heterocycles. The zero-order valence-electron chi connectivity index (χ0n) is 9.31. The largest absolute Gasteiger partial charge is 0.481 e. The lowest BCUT2D eigenvalue weighted by Crippen LogP contribution is -2.43. The molecule has 10 heteroatoms. The molecule has 104 valence electrons. The molecule has 0 aromatic rings. The molecule has 0 radical (unpaired) electrons. The van der Waals surface area contributed by atoms with Gasteiger partial charge in [0.05, 0.1) is 23.9 Å². The fraction of sp³-hybridized carbons (Fsp3) is 0.625. The topological polar surface area (TPSA) is 169 Å². The van der Waals surface area contributed by atoms with Crippen LogP contribution in [0, 0.1) is 11.3 Å². The Morgan fingerprint density at radius 1 is 1.17 bits per heavy atom. The Balaban J connectivity index is 5.51. The van der Waals surface area contributed by atoms with Gasteiger partial charge in [-0.2, -0.15) is 0 Å². The van der Waals surface area contributed by atoms with E-state index in [9.17, 15) is 18.9 Å². The number of hydrogen-bond acceptors (Lipinski definition) is 4. The van der Waals surface area contributed by atoms with E-state index < -0.39 is 49.4 Å². The fourth-order valence-corrected chi connectivity index (χ4v) is 2.49.